The molecule has 2 heterocycles. The van der Waals surface area contributed by atoms with Crippen LogP contribution in [0.5, 0.6) is 0 Å². The normalized spacial score (nSPS) is 10.4. The highest BCUT2D eigenvalue weighted by molar-refractivity contribution is 7.11. The molecule has 0 saturated heterocycles. The van der Waals surface area contributed by atoms with Crippen molar-refractivity contribution >= 4 is 22.8 Å². The number of aryl methyl sites for hydroxylation is 2. The molecule has 0 aliphatic rings. The van der Waals surface area contributed by atoms with Gasteiger partial charge in [0.15, 0.2) is 0 Å². The average molecular weight is 234 g/mol. The average Bonchev–Trinajstić information content (AvgIpc) is 2.63. The summed E-state index contributed by atoms with van der Waals surface area (Å²) in [6.07, 6.45) is 3.67. The van der Waals surface area contributed by atoms with Crippen molar-refractivity contribution in [1.82, 2.24) is 9.97 Å². The van der Waals surface area contributed by atoms with Crippen LogP contribution in [0.1, 0.15) is 15.4 Å². The highest BCUT2D eigenvalue weighted by Gasteiger charge is 2.02. The number of nitrogens with two attached hydrogens (primary N) is 1. The largest absolute Gasteiger partial charge is 0.396 e. The van der Waals surface area contributed by atoms with Crippen LogP contribution in [-0.4, -0.2) is 9.97 Å². The monoisotopic (exact) mass is 234 g/mol. The summed E-state index contributed by atoms with van der Waals surface area (Å²) in [5.41, 5.74) is 7.59. The third-order valence-corrected chi connectivity index (χ3v) is 3.04. The molecule has 0 aromatic carbocycles. The number of nitrogen functional groups attached to an aromatic ring is 1. The Hall–Kier alpha value is -1.62. The molecular formula is C11H14N4S. The number of nitrogens with zero attached hydrogens (tertiary/aromatic N) is 2. The lowest BCUT2D eigenvalue weighted by Gasteiger charge is -2.06. The van der Waals surface area contributed by atoms with E-state index in [4.69, 9.17) is 5.73 Å². The van der Waals surface area contributed by atoms with Gasteiger partial charge in [0.25, 0.3) is 0 Å². The molecule has 0 radical (unpaired) electrons. The SMILES string of the molecule is Cc1cnc(NCc2ncc(C)s2)c(N)c1. The molecule has 3 N–H and O–H groups in total. The predicted molar refractivity (Wildman–Crippen MR) is 67.6 cm³/mol. The minimum Gasteiger partial charge on any atom is -0.396 e. The number of hydrogen-bond donors (Lipinski definition) is 2. The van der Waals surface area contributed by atoms with Gasteiger partial charge in [-0.3, -0.25) is 0 Å². The fourth-order valence-electron chi connectivity index (χ4n) is 1.38. The second kappa shape index (κ2) is 4.49. The zero-order valence-electron chi connectivity index (χ0n) is 9.32. The topological polar surface area (TPSA) is 63.8 Å². The number of hydrogen-bond acceptors (Lipinski definition) is 5. The van der Waals surface area contributed by atoms with Crippen molar-refractivity contribution < 1.29 is 0 Å². The molecule has 0 aliphatic heterocycles. The Morgan fingerprint density at radius 2 is 2.12 bits per heavy atom. The molecule has 4 nitrogen and oxygen atoms in total. The van der Waals surface area contributed by atoms with Crippen molar-refractivity contribution in [2.75, 3.05) is 11.1 Å². The molecule has 2 aromatic heterocycles. The summed E-state index contributed by atoms with van der Waals surface area (Å²) in [5, 5.41) is 4.22. The van der Waals surface area contributed by atoms with Crippen LogP contribution in [0.3, 0.4) is 0 Å². The maximum Gasteiger partial charge on any atom is 0.149 e. The first kappa shape index (κ1) is 10.9. The Kier molecular flexibility index (Phi) is 3.05. The van der Waals surface area contributed by atoms with E-state index in [2.05, 4.69) is 15.3 Å². The van der Waals surface area contributed by atoms with E-state index < -0.39 is 0 Å². The number of thiazole rings is 1. The van der Waals surface area contributed by atoms with Crippen LogP contribution in [0.25, 0.3) is 0 Å². The van der Waals surface area contributed by atoms with Crippen LogP contribution in [0.4, 0.5) is 11.5 Å². The fourth-order valence-corrected chi connectivity index (χ4v) is 2.11. The molecule has 16 heavy (non-hydrogen) atoms. The first-order valence-corrected chi connectivity index (χ1v) is 5.84. The third-order valence-electron chi connectivity index (χ3n) is 2.13. The second-order valence-corrected chi connectivity index (χ2v) is 4.99. The molecule has 0 amide bonds. The Morgan fingerprint density at radius 1 is 1.31 bits per heavy atom. The van der Waals surface area contributed by atoms with Crippen molar-refractivity contribution in [3.63, 3.8) is 0 Å². The van der Waals surface area contributed by atoms with Gasteiger partial charge in [-0.05, 0) is 25.5 Å². The van der Waals surface area contributed by atoms with E-state index in [0.717, 1.165) is 16.4 Å². The van der Waals surface area contributed by atoms with Crippen LogP contribution < -0.4 is 11.1 Å². The van der Waals surface area contributed by atoms with Gasteiger partial charge in [-0.2, -0.15) is 0 Å². The number of aromatic nitrogens is 2. The first-order chi connectivity index (χ1) is 7.65. The molecule has 0 aliphatic carbocycles. The van der Waals surface area contributed by atoms with Crippen LogP contribution in [0.15, 0.2) is 18.5 Å². The summed E-state index contributed by atoms with van der Waals surface area (Å²) in [4.78, 5) is 9.72. The highest BCUT2D eigenvalue weighted by Crippen LogP contribution is 2.18. The van der Waals surface area contributed by atoms with Crippen molar-refractivity contribution in [2.45, 2.75) is 20.4 Å². The van der Waals surface area contributed by atoms with E-state index in [0.29, 0.717) is 12.2 Å². The van der Waals surface area contributed by atoms with Gasteiger partial charge in [-0.25, -0.2) is 9.97 Å². The van der Waals surface area contributed by atoms with Gasteiger partial charge < -0.3 is 11.1 Å². The molecule has 0 bridgehead atoms. The van der Waals surface area contributed by atoms with E-state index >= 15 is 0 Å². The first-order valence-electron chi connectivity index (χ1n) is 5.02. The van der Waals surface area contributed by atoms with E-state index in [-0.39, 0.29) is 0 Å². The number of rotatable bonds is 3. The van der Waals surface area contributed by atoms with E-state index in [1.807, 2.05) is 26.1 Å². The third kappa shape index (κ3) is 2.49. The van der Waals surface area contributed by atoms with Gasteiger partial charge in [-0.1, -0.05) is 0 Å². The maximum atomic E-state index is 5.85. The Morgan fingerprint density at radius 3 is 2.75 bits per heavy atom. The summed E-state index contributed by atoms with van der Waals surface area (Å²) in [6, 6.07) is 1.91. The molecule has 2 aromatic rings. The van der Waals surface area contributed by atoms with Gasteiger partial charge in [0.05, 0.1) is 12.2 Å². The quantitative estimate of drug-likeness (QED) is 0.855. The number of anilines is 2. The van der Waals surface area contributed by atoms with Gasteiger partial charge in [0, 0.05) is 17.3 Å². The molecule has 0 fully saturated rings. The maximum absolute atomic E-state index is 5.85. The lowest BCUT2D eigenvalue weighted by atomic mass is 10.3. The smallest absolute Gasteiger partial charge is 0.149 e. The molecule has 2 rings (SSSR count). The molecule has 0 atom stereocenters. The summed E-state index contributed by atoms with van der Waals surface area (Å²) in [5.74, 6) is 0.721. The summed E-state index contributed by atoms with van der Waals surface area (Å²) >= 11 is 1.67. The zero-order chi connectivity index (χ0) is 11.5. The zero-order valence-corrected chi connectivity index (χ0v) is 10.1. The van der Waals surface area contributed by atoms with Gasteiger partial charge in [0.2, 0.25) is 0 Å². The minimum absolute atomic E-state index is 0.665. The standard InChI is InChI=1S/C11H14N4S/c1-7-3-9(12)11(14-4-7)15-6-10-13-5-8(2)16-10/h3-5H,6,12H2,1-2H3,(H,14,15). The summed E-state index contributed by atoms with van der Waals surface area (Å²) in [7, 11) is 0. The molecule has 0 spiro atoms. The Bertz CT molecular complexity index is 492. The van der Waals surface area contributed by atoms with Gasteiger partial charge >= 0.3 is 0 Å². The lowest BCUT2D eigenvalue weighted by Crippen LogP contribution is -2.04. The minimum atomic E-state index is 0.665. The van der Waals surface area contributed by atoms with Crippen molar-refractivity contribution in [3.8, 4) is 0 Å². The van der Waals surface area contributed by atoms with Gasteiger partial charge in [-0.15, -0.1) is 11.3 Å². The van der Waals surface area contributed by atoms with Crippen LogP contribution in [-0.2, 0) is 6.54 Å². The molecule has 5 heteroatoms. The molecule has 0 saturated carbocycles. The molecule has 84 valence electrons. The highest BCUT2D eigenvalue weighted by atomic mass is 32.1. The van der Waals surface area contributed by atoms with E-state index in [1.54, 1.807) is 17.5 Å². The van der Waals surface area contributed by atoms with Crippen LogP contribution in [0.2, 0.25) is 0 Å². The summed E-state index contributed by atoms with van der Waals surface area (Å²) in [6.45, 7) is 4.68. The number of pyridine rings is 1. The number of nitrogens with one attached hydrogen (secondary N) is 1. The predicted octanol–water partition coefficient (Wildman–Crippen LogP) is 2.35. The lowest BCUT2D eigenvalue weighted by molar-refractivity contribution is 1.08. The molecular weight excluding hydrogens is 220 g/mol. The fraction of sp³-hybridized carbons (Fsp3) is 0.273. The van der Waals surface area contributed by atoms with E-state index in [9.17, 15) is 0 Å². The van der Waals surface area contributed by atoms with Crippen molar-refractivity contribution in [2.24, 2.45) is 0 Å². The van der Waals surface area contributed by atoms with Crippen LogP contribution >= 0.6 is 11.3 Å². The Labute approximate surface area is 98.6 Å². The Balaban J connectivity index is 2.04. The van der Waals surface area contributed by atoms with Gasteiger partial charge in [0.1, 0.15) is 10.8 Å². The summed E-state index contributed by atoms with van der Waals surface area (Å²) < 4.78 is 0. The van der Waals surface area contributed by atoms with Crippen molar-refractivity contribution in [1.29, 1.82) is 0 Å². The van der Waals surface area contributed by atoms with E-state index in [1.165, 1.54) is 4.88 Å². The van der Waals surface area contributed by atoms with Crippen molar-refractivity contribution in [3.05, 3.63) is 33.9 Å². The second-order valence-electron chi connectivity index (χ2n) is 3.67. The van der Waals surface area contributed by atoms with Crippen LogP contribution in [0, 0.1) is 13.8 Å². The molecule has 0 unspecified atom stereocenters.